The van der Waals surface area contributed by atoms with Crippen molar-refractivity contribution in [3.05, 3.63) is 23.9 Å². The topological polar surface area (TPSA) is 54.2 Å². The number of nitrogens with two attached hydrogens (primary N) is 1. The minimum Gasteiger partial charge on any atom is -0.308 e. The highest BCUT2D eigenvalue weighted by atomic mass is 15.3. The lowest BCUT2D eigenvalue weighted by Crippen LogP contribution is -2.26. The van der Waals surface area contributed by atoms with Crippen LogP contribution < -0.4 is 11.3 Å². The average Bonchev–Trinajstić information content (AvgIpc) is 3.10. The summed E-state index contributed by atoms with van der Waals surface area (Å²) in [4.78, 5) is 6.67. The summed E-state index contributed by atoms with van der Waals surface area (Å²) in [6, 6.07) is 4.81. The van der Waals surface area contributed by atoms with E-state index in [-0.39, 0.29) is 0 Å². The van der Waals surface area contributed by atoms with Crippen LogP contribution in [0.4, 0.5) is 5.82 Å². The molecule has 82 valence electrons. The van der Waals surface area contributed by atoms with E-state index in [4.69, 9.17) is 5.84 Å². The molecule has 1 aromatic rings. The second-order valence-corrected chi connectivity index (χ2v) is 3.95. The molecule has 0 aromatic carbocycles. The van der Waals surface area contributed by atoms with Crippen molar-refractivity contribution in [2.24, 2.45) is 5.84 Å². The molecule has 1 aliphatic carbocycles. The van der Waals surface area contributed by atoms with Gasteiger partial charge in [-0.15, -0.1) is 0 Å². The molecule has 4 nitrogen and oxygen atoms in total. The van der Waals surface area contributed by atoms with Gasteiger partial charge < -0.3 is 5.43 Å². The maximum atomic E-state index is 5.43. The van der Waals surface area contributed by atoms with E-state index in [9.17, 15) is 0 Å². The molecule has 0 atom stereocenters. The van der Waals surface area contributed by atoms with E-state index in [0.29, 0.717) is 0 Å². The second-order valence-electron chi connectivity index (χ2n) is 3.95. The van der Waals surface area contributed by atoms with Gasteiger partial charge in [0.05, 0.1) is 0 Å². The van der Waals surface area contributed by atoms with E-state index in [1.54, 1.807) is 6.20 Å². The van der Waals surface area contributed by atoms with Crippen LogP contribution in [0.25, 0.3) is 0 Å². The first kappa shape index (κ1) is 10.4. The summed E-state index contributed by atoms with van der Waals surface area (Å²) in [5, 5.41) is 0. The van der Waals surface area contributed by atoms with Crippen molar-refractivity contribution in [2.45, 2.75) is 32.4 Å². The lowest BCUT2D eigenvalue weighted by Gasteiger charge is -2.20. The lowest BCUT2D eigenvalue weighted by molar-refractivity contribution is 0.269. The average molecular weight is 206 g/mol. The Morgan fingerprint density at radius 2 is 2.40 bits per heavy atom. The Hall–Kier alpha value is -1.13. The summed E-state index contributed by atoms with van der Waals surface area (Å²) in [6.07, 6.45) is 4.42. The molecule has 0 radical (unpaired) electrons. The Balaban J connectivity index is 2.07. The molecule has 1 aliphatic rings. The predicted molar refractivity (Wildman–Crippen MR) is 61.2 cm³/mol. The van der Waals surface area contributed by atoms with Crippen molar-refractivity contribution in [3.63, 3.8) is 0 Å². The fraction of sp³-hybridized carbons (Fsp3) is 0.545. The van der Waals surface area contributed by atoms with Crippen LogP contribution in [0.2, 0.25) is 0 Å². The van der Waals surface area contributed by atoms with E-state index in [2.05, 4.69) is 28.3 Å². The lowest BCUT2D eigenvalue weighted by atomic mass is 10.2. The normalized spacial score (nSPS) is 15.7. The molecule has 15 heavy (non-hydrogen) atoms. The van der Waals surface area contributed by atoms with Gasteiger partial charge in [-0.25, -0.2) is 10.8 Å². The molecule has 1 saturated carbocycles. The van der Waals surface area contributed by atoms with Crippen LogP contribution in [-0.2, 0) is 6.54 Å². The maximum Gasteiger partial charge on any atom is 0.144 e. The Labute approximate surface area is 90.5 Å². The van der Waals surface area contributed by atoms with Crippen LogP contribution in [0.5, 0.6) is 0 Å². The van der Waals surface area contributed by atoms with Crippen LogP contribution in [0.1, 0.15) is 25.3 Å². The van der Waals surface area contributed by atoms with Crippen molar-refractivity contribution in [1.29, 1.82) is 0 Å². The van der Waals surface area contributed by atoms with Gasteiger partial charge in [-0.1, -0.05) is 13.0 Å². The highest BCUT2D eigenvalue weighted by Gasteiger charge is 2.28. The first-order valence-corrected chi connectivity index (χ1v) is 5.49. The van der Waals surface area contributed by atoms with Crippen molar-refractivity contribution in [1.82, 2.24) is 9.88 Å². The van der Waals surface area contributed by atoms with Gasteiger partial charge in [-0.3, -0.25) is 4.90 Å². The zero-order valence-corrected chi connectivity index (χ0v) is 9.11. The number of nitrogen functional groups attached to an aromatic ring is 1. The Morgan fingerprint density at radius 3 is 3.00 bits per heavy atom. The fourth-order valence-electron chi connectivity index (χ4n) is 1.85. The molecular weight excluding hydrogens is 188 g/mol. The summed E-state index contributed by atoms with van der Waals surface area (Å²) in [7, 11) is 0. The zero-order valence-electron chi connectivity index (χ0n) is 9.11. The van der Waals surface area contributed by atoms with Gasteiger partial charge in [0.15, 0.2) is 0 Å². The third kappa shape index (κ3) is 2.46. The number of hydrazine groups is 1. The van der Waals surface area contributed by atoms with Crippen LogP contribution in [0.15, 0.2) is 18.3 Å². The van der Waals surface area contributed by atoms with E-state index in [1.165, 1.54) is 18.4 Å². The molecule has 0 saturated heterocycles. The van der Waals surface area contributed by atoms with E-state index in [1.807, 2.05) is 6.07 Å². The van der Waals surface area contributed by atoms with Crippen LogP contribution in [0.3, 0.4) is 0 Å². The van der Waals surface area contributed by atoms with E-state index >= 15 is 0 Å². The van der Waals surface area contributed by atoms with Gasteiger partial charge >= 0.3 is 0 Å². The first-order chi connectivity index (χ1) is 7.35. The van der Waals surface area contributed by atoms with Gasteiger partial charge in [-0.2, -0.15) is 0 Å². The molecule has 0 spiro atoms. The Kier molecular flexibility index (Phi) is 3.18. The molecule has 3 N–H and O–H groups in total. The molecule has 0 aliphatic heterocycles. The molecule has 1 fully saturated rings. The van der Waals surface area contributed by atoms with Gasteiger partial charge in [-0.05, 0) is 25.5 Å². The summed E-state index contributed by atoms with van der Waals surface area (Å²) in [5.74, 6) is 6.22. The predicted octanol–water partition coefficient (Wildman–Crippen LogP) is 1.35. The van der Waals surface area contributed by atoms with Crippen molar-refractivity contribution >= 4 is 5.82 Å². The third-order valence-corrected chi connectivity index (χ3v) is 2.87. The number of anilines is 1. The molecule has 1 heterocycles. The highest BCUT2D eigenvalue weighted by molar-refractivity contribution is 5.42. The Morgan fingerprint density at radius 1 is 1.60 bits per heavy atom. The summed E-state index contributed by atoms with van der Waals surface area (Å²) >= 11 is 0. The van der Waals surface area contributed by atoms with Crippen LogP contribution in [0, 0.1) is 0 Å². The van der Waals surface area contributed by atoms with E-state index < -0.39 is 0 Å². The monoisotopic (exact) mass is 206 g/mol. The van der Waals surface area contributed by atoms with Gasteiger partial charge in [0.1, 0.15) is 5.82 Å². The molecule has 4 heteroatoms. The molecule has 1 aromatic heterocycles. The molecule has 0 amide bonds. The quantitative estimate of drug-likeness (QED) is 0.564. The molecule has 2 rings (SSSR count). The molecule has 0 bridgehead atoms. The number of nitrogens with one attached hydrogen (secondary N) is 1. The number of nitrogens with zero attached hydrogens (tertiary/aromatic N) is 2. The highest BCUT2D eigenvalue weighted by Crippen LogP contribution is 2.28. The van der Waals surface area contributed by atoms with Gasteiger partial charge in [0.25, 0.3) is 0 Å². The largest absolute Gasteiger partial charge is 0.308 e. The third-order valence-electron chi connectivity index (χ3n) is 2.87. The summed E-state index contributed by atoms with van der Waals surface area (Å²) in [6.45, 7) is 4.22. The smallest absolute Gasteiger partial charge is 0.144 e. The van der Waals surface area contributed by atoms with Crippen molar-refractivity contribution < 1.29 is 0 Å². The minimum atomic E-state index is 0.779. The standard InChI is InChI=1S/C11H18N4/c1-2-15(10-5-6-10)8-9-4-3-7-13-11(9)14-12/h3-4,7,10H,2,5-6,8,12H2,1H3,(H,13,14). The minimum absolute atomic E-state index is 0.779. The fourth-order valence-corrected chi connectivity index (χ4v) is 1.85. The molecule has 0 unspecified atom stereocenters. The van der Waals surface area contributed by atoms with Gasteiger partial charge in [0.2, 0.25) is 0 Å². The number of hydrogen-bond donors (Lipinski definition) is 2. The Bertz CT molecular complexity index is 322. The number of pyridine rings is 1. The molecular formula is C11H18N4. The SMILES string of the molecule is CCN(Cc1cccnc1NN)C1CC1. The summed E-state index contributed by atoms with van der Waals surface area (Å²) in [5.41, 5.74) is 3.82. The van der Waals surface area contributed by atoms with Gasteiger partial charge in [0, 0.05) is 24.3 Å². The van der Waals surface area contributed by atoms with Crippen LogP contribution in [-0.4, -0.2) is 22.5 Å². The maximum absolute atomic E-state index is 5.43. The van der Waals surface area contributed by atoms with Crippen molar-refractivity contribution in [3.8, 4) is 0 Å². The second kappa shape index (κ2) is 4.59. The number of rotatable bonds is 5. The first-order valence-electron chi connectivity index (χ1n) is 5.49. The van der Waals surface area contributed by atoms with E-state index in [0.717, 1.165) is 24.9 Å². The van der Waals surface area contributed by atoms with Crippen molar-refractivity contribution in [2.75, 3.05) is 12.0 Å². The van der Waals surface area contributed by atoms with Crippen LogP contribution >= 0.6 is 0 Å². The zero-order chi connectivity index (χ0) is 10.7. The summed E-state index contributed by atoms with van der Waals surface area (Å²) < 4.78 is 0. The number of hydrogen-bond acceptors (Lipinski definition) is 4. The number of aromatic nitrogens is 1.